The summed E-state index contributed by atoms with van der Waals surface area (Å²) in [5, 5.41) is 20.4. The predicted molar refractivity (Wildman–Crippen MR) is 231 cm³/mol. The van der Waals surface area contributed by atoms with Crippen molar-refractivity contribution in [3.8, 4) is 44.6 Å². The summed E-state index contributed by atoms with van der Waals surface area (Å²) in [6.07, 6.45) is 3.29. The van der Waals surface area contributed by atoms with Crippen LogP contribution in [-0.2, 0) is 7.05 Å². The smallest absolute Gasteiger partial charge is 0.321 e. The van der Waals surface area contributed by atoms with Gasteiger partial charge in [0.2, 0.25) is 0 Å². The molecule has 5 N–H and O–H groups in total. The Hall–Kier alpha value is -7.66. The van der Waals surface area contributed by atoms with Crippen LogP contribution in [0.1, 0.15) is 40.0 Å². The van der Waals surface area contributed by atoms with Crippen LogP contribution in [-0.4, -0.2) is 38.4 Å². The summed E-state index contributed by atoms with van der Waals surface area (Å²) in [6.45, 7) is 9.74. The number of nitrogens with zero attached hydrogens (tertiary/aromatic N) is 4. The zero-order valence-corrected chi connectivity index (χ0v) is 32.3. The van der Waals surface area contributed by atoms with Gasteiger partial charge in [-0.25, -0.2) is 19.3 Å². The molecule has 7 aromatic rings. The lowest BCUT2D eigenvalue weighted by Gasteiger charge is -2.19. The van der Waals surface area contributed by atoms with E-state index in [1.807, 2.05) is 85.3 Å². The molecule has 2 atom stereocenters. The highest BCUT2D eigenvalue weighted by atomic mass is 16.2. The summed E-state index contributed by atoms with van der Waals surface area (Å²) in [5.41, 5.74) is 13.8. The largest absolute Gasteiger partial charge is 0.384 e. The number of amides is 4. The summed E-state index contributed by atoms with van der Waals surface area (Å²) in [5.74, 6) is 1.07. The molecular weight excluding hydrogens is 723 g/mol. The fourth-order valence-electron chi connectivity index (χ4n) is 8.44. The summed E-state index contributed by atoms with van der Waals surface area (Å²) in [6, 6.07) is 37.2. The van der Waals surface area contributed by atoms with Gasteiger partial charge in [-0.3, -0.25) is 10.6 Å². The SMILES string of the molecule is C=CC(=C)n1nc(C)c(NC)c1NC(=O)NC1c2ccccc2-c2c(-c3cccc4c3-c3ccccc3C4NC(=O)Nc3c(-c4ccccc4)ncn3C)cccc21. The van der Waals surface area contributed by atoms with Crippen LogP contribution in [0.4, 0.5) is 26.9 Å². The first-order valence-electron chi connectivity index (χ1n) is 19.0. The molecule has 0 fully saturated rings. The first-order chi connectivity index (χ1) is 28.3. The molecule has 11 nitrogen and oxygen atoms in total. The number of fused-ring (bicyclic) bond motifs is 6. The van der Waals surface area contributed by atoms with Crippen LogP contribution in [0.25, 0.3) is 50.3 Å². The van der Waals surface area contributed by atoms with Gasteiger partial charge >= 0.3 is 12.1 Å². The summed E-state index contributed by atoms with van der Waals surface area (Å²) < 4.78 is 3.38. The highest BCUT2D eigenvalue weighted by Crippen LogP contribution is 2.53. The lowest BCUT2D eigenvalue weighted by molar-refractivity contribution is 0.249. The van der Waals surface area contributed by atoms with E-state index in [0.29, 0.717) is 34.4 Å². The van der Waals surface area contributed by atoms with Crippen LogP contribution in [0, 0.1) is 6.92 Å². The second-order valence-electron chi connectivity index (χ2n) is 14.4. The topological polar surface area (TPSA) is 130 Å². The molecule has 2 aliphatic carbocycles. The van der Waals surface area contributed by atoms with Crippen molar-refractivity contribution < 1.29 is 9.59 Å². The number of carbonyl (C=O) groups excluding carboxylic acids is 2. The monoisotopic (exact) mass is 763 g/mol. The Morgan fingerprint density at radius 3 is 1.72 bits per heavy atom. The molecule has 9 rings (SSSR count). The highest BCUT2D eigenvalue weighted by molar-refractivity contribution is 6.01. The third kappa shape index (κ3) is 5.91. The number of benzene rings is 5. The number of hydrogen-bond donors (Lipinski definition) is 5. The standard InChI is InChI=1S/C47H41N9O2/c1-6-27(2)56-45(40(48-4)28(3)54-56)53-47(58)51-43-35-21-13-11-19-33(35)39-31(23-15-25-37(39)43)30-22-14-24-36-38(30)32-18-10-12-20-34(32)42(36)50-46(57)52-44-41(49-26-55(44)5)29-16-8-7-9-17-29/h6-26,42-43,48H,1-2H2,3-5H3,(H2,50,52,57)(H2,51,53,58). The van der Waals surface area contributed by atoms with Gasteiger partial charge in [-0.1, -0.05) is 128 Å². The zero-order chi connectivity index (χ0) is 40.1. The Labute approximate surface area is 336 Å². The molecular formula is C47H41N9O2. The lowest BCUT2D eigenvalue weighted by atomic mass is 9.88. The maximum Gasteiger partial charge on any atom is 0.321 e. The first kappa shape index (κ1) is 36.0. The maximum atomic E-state index is 13.9. The van der Waals surface area contributed by atoms with Crippen LogP contribution in [0.2, 0.25) is 0 Å². The molecule has 2 aliphatic rings. The first-order valence-corrected chi connectivity index (χ1v) is 19.0. The molecule has 2 aromatic heterocycles. The van der Waals surface area contributed by atoms with Crippen molar-refractivity contribution in [3.05, 3.63) is 169 Å². The van der Waals surface area contributed by atoms with E-state index in [0.717, 1.165) is 61.2 Å². The number of hydrogen-bond acceptors (Lipinski definition) is 5. The number of rotatable bonds is 9. The summed E-state index contributed by atoms with van der Waals surface area (Å²) in [7, 11) is 3.65. The molecule has 2 unspecified atom stereocenters. The number of nitrogens with one attached hydrogen (secondary N) is 5. The van der Waals surface area contributed by atoms with Crippen LogP contribution in [0.15, 0.2) is 141 Å². The second-order valence-corrected chi connectivity index (χ2v) is 14.4. The van der Waals surface area contributed by atoms with E-state index in [1.165, 1.54) is 0 Å². The normalized spacial score (nSPS) is 14.4. The van der Waals surface area contributed by atoms with Gasteiger partial charge in [-0.05, 0) is 68.6 Å². The van der Waals surface area contributed by atoms with E-state index in [4.69, 9.17) is 0 Å². The van der Waals surface area contributed by atoms with Crippen molar-refractivity contribution in [2.45, 2.75) is 19.0 Å². The maximum absolute atomic E-state index is 13.9. The Morgan fingerprint density at radius 1 is 0.672 bits per heavy atom. The fraction of sp³-hybridized carbons (Fsp3) is 0.106. The molecule has 2 heterocycles. The molecule has 0 saturated carbocycles. The zero-order valence-electron chi connectivity index (χ0n) is 32.3. The average molecular weight is 764 g/mol. The third-order valence-electron chi connectivity index (χ3n) is 11.0. The molecule has 11 heteroatoms. The van der Waals surface area contributed by atoms with Gasteiger partial charge in [0.15, 0.2) is 5.82 Å². The molecule has 0 bridgehead atoms. The van der Waals surface area contributed by atoms with Crippen molar-refractivity contribution in [1.29, 1.82) is 0 Å². The number of anilines is 3. The number of imidazole rings is 1. The van der Waals surface area contributed by atoms with Crippen molar-refractivity contribution in [2.24, 2.45) is 7.05 Å². The van der Waals surface area contributed by atoms with E-state index in [2.05, 4.69) is 98.4 Å². The quantitative estimate of drug-likeness (QED) is 0.0936. The third-order valence-corrected chi connectivity index (χ3v) is 11.0. The van der Waals surface area contributed by atoms with Crippen molar-refractivity contribution >= 4 is 35.1 Å². The van der Waals surface area contributed by atoms with Gasteiger partial charge in [0.1, 0.15) is 17.2 Å². The highest BCUT2D eigenvalue weighted by Gasteiger charge is 2.36. The second kappa shape index (κ2) is 14.4. The molecule has 0 spiro atoms. The van der Waals surface area contributed by atoms with Crippen LogP contribution in [0.3, 0.4) is 0 Å². The number of carbonyl (C=O) groups is 2. The van der Waals surface area contributed by atoms with Gasteiger partial charge in [-0.15, -0.1) is 0 Å². The fourth-order valence-corrected chi connectivity index (χ4v) is 8.44. The Kier molecular flexibility index (Phi) is 8.97. The summed E-state index contributed by atoms with van der Waals surface area (Å²) >= 11 is 0. The Morgan fingerprint density at radius 2 is 1.17 bits per heavy atom. The predicted octanol–water partition coefficient (Wildman–Crippen LogP) is 9.74. The molecule has 0 saturated heterocycles. The average Bonchev–Trinajstić information content (AvgIpc) is 3.97. The van der Waals surface area contributed by atoms with Crippen LogP contribution >= 0.6 is 0 Å². The van der Waals surface area contributed by atoms with E-state index < -0.39 is 18.1 Å². The van der Waals surface area contributed by atoms with Gasteiger partial charge < -0.3 is 20.5 Å². The number of aryl methyl sites for hydroxylation is 2. The van der Waals surface area contributed by atoms with Crippen LogP contribution < -0.4 is 26.6 Å². The van der Waals surface area contributed by atoms with Crippen molar-refractivity contribution in [3.63, 3.8) is 0 Å². The molecule has 286 valence electrons. The Balaban J connectivity index is 1.07. The van der Waals surface area contributed by atoms with Crippen LogP contribution in [0.5, 0.6) is 0 Å². The number of allylic oxidation sites excluding steroid dienone is 2. The van der Waals surface area contributed by atoms with Gasteiger partial charge in [0, 0.05) is 19.7 Å². The van der Waals surface area contributed by atoms with E-state index in [9.17, 15) is 9.59 Å². The minimum Gasteiger partial charge on any atom is -0.384 e. The van der Waals surface area contributed by atoms with Gasteiger partial charge in [0.05, 0.1) is 29.8 Å². The number of urea groups is 2. The van der Waals surface area contributed by atoms with E-state index >= 15 is 0 Å². The summed E-state index contributed by atoms with van der Waals surface area (Å²) in [4.78, 5) is 32.4. The minimum absolute atomic E-state index is 0.339. The van der Waals surface area contributed by atoms with E-state index in [1.54, 1.807) is 24.1 Å². The molecule has 58 heavy (non-hydrogen) atoms. The lowest BCUT2D eigenvalue weighted by Crippen LogP contribution is -2.33. The molecule has 4 amide bonds. The van der Waals surface area contributed by atoms with Gasteiger partial charge in [0.25, 0.3) is 0 Å². The van der Waals surface area contributed by atoms with Crippen molar-refractivity contribution in [2.75, 3.05) is 23.0 Å². The molecule has 5 aromatic carbocycles. The van der Waals surface area contributed by atoms with E-state index in [-0.39, 0.29) is 6.03 Å². The Bertz CT molecular complexity index is 2800. The van der Waals surface area contributed by atoms with Crippen molar-refractivity contribution in [1.82, 2.24) is 30.0 Å². The minimum atomic E-state index is -0.431. The van der Waals surface area contributed by atoms with Gasteiger partial charge in [-0.2, -0.15) is 5.10 Å². The molecule has 0 radical (unpaired) electrons. The number of aromatic nitrogens is 4. The molecule has 0 aliphatic heterocycles.